The van der Waals surface area contributed by atoms with Crippen LogP contribution in [0, 0.1) is 5.92 Å². The number of nitrogens with one attached hydrogen (secondary N) is 1. The first-order chi connectivity index (χ1) is 14.5. The third kappa shape index (κ3) is 4.61. The van der Waals surface area contributed by atoms with E-state index in [9.17, 15) is 8.42 Å². The molecule has 0 amide bonds. The fourth-order valence-corrected chi connectivity index (χ4v) is 6.29. The van der Waals surface area contributed by atoms with Crippen LogP contribution in [0.15, 0.2) is 18.6 Å². The van der Waals surface area contributed by atoms with Gasteiger partial charge in [0.05, 0.1) is 30.5 Å². The van der Waals surface area contributed by atoms with Gasteiger partial charge in [-0.05, 0) is 37.7 Å². The Morgan fingerprint density at radius 1 is 1.23 bits per heavy atom. The van der Waals surface area contributed by atoms with E-state index in [1.807, 2.05) is 19.3 Å². The lowest BCUT2D eigenvalue weighted by atomic mass is 9.81. The second-order valence-electron chi connectivity index (χ2n) is 8.28. The van der Waals surface area contributed by atoms with Crippen molar-refractivity contribution < 1.29 is 17.9 Å². The van der Waals surface area contributed by atoms with E-state index in [-0.39, 0.29) is 17.8 Å². The zero-order valence-electron chi connectivity index (χ0n) is 17.7. The van der Waals surface area contributed by atoms with Crippen molar-refractivity contribution in [2.45, 2.75) is 37.8 Å². The lowest BCUT2D eigenvalue weighted by molar-refractivity contribution is -0.00507. The van der Waals surface area contributed by atoms with Gasteiger partial charge in [-0.1, -0.05) is 0 Å². The van der Waals surface area contributed by atoms with E-state index in [4.69, 9.17) is 9.47 Å². The molecule has 2 fully saturated rings. The third-order valence-electron chi connectivity index (χ3n) is 6.31. The van der Waals surface area contributed by atoms with E-state index in [1.165, 1.54) is 0 Å². The molecule has 3 heterocycles. The molecule has 4 rings (SSSR count). The monoisotopic (exact) mass is 437 g/mol. The van der Waals surface area contributed by atoms with Crippen molar-refractivity contribution in [2.24, 2.45) is 5.92 Å². The average molecular weight is 438 g/mol. The van der Waals surface area contributed by atoms with E-state index in [0.717, 1.165) is 42.5 Å². The van der Waals surface area contributed by atoms with Crippen molar-refractivity contribution in [3.63, 3.8) is 0 Å². The van der Waals surface area contributed by atoms with Crippen LogP contribution in [0.3, 0.4) is 0 Å². The van der Waals surface area contributed by atoms with Gasteiger partial charge in [0.1, 0.15) is 17.8 Å². The number of hydrogen-bond acceptors (Lipinski definition) is 7. The van der Waals surface area contributed by atoms with Crippen molar-refractivity contribution >= 4 is 26.9 Å². The number of nitrogens with zero attached hydrogens (tertiary/aromatic N) is 4. The first-order valence-corrected chi connectivity index (χ1v) is 12.2. The fraction of sp³-hybridized carbons (Fsp3) is 0.700. The first-order valence-electron chi connectivity index (χ1n) is 10.6. The summed E-state index contributed by atoms with van der Waals surface area (Å²) < 4.78 is 38.1. The van der Waals surface area contributed by atoms with Gasteiger partial charge >= 0.3 is 0 Å². The number of piperidine rings is 1. The van der Waals surface area contributed by atoms with E-state index in [1.54, 1.807) is 17.7 Å². The normalized spacial score (nSPS) is 23.5. The van der Waals surface area contributed by atoms with Gasteiger partial charge in [-0.2, -0.15) is 0 Å². The summed E-state index contributed by atoms with van der Waals surface area (Å²) in [6, 6.07) is 2.28. The zero-order valence-corrected chi connectivity index (χ0v) is 18.5. The van der Waals surface area contributed by atoms with Gasteiger partial charge in [0.2, 0.25) is 10.0 Å². The number of fused-ring (bicyclic) bond motifs is 1. The summed E-state index contributed by atoms with van der Waals surface area (Å²) in [6.07, 6.45) is 6.78. The molecule has 2 aromatic heterocycles. The van der Waals surface area contributed by atoms with Crippen LogP contribution in [0.25, 0.3) is 11.0 Å². The van der Waals surface area contributed by atoms with Crippen LogP contribution in [0.1, 0.15) is 25.7 Å². The first kappa shape index (κ1) is 21.5. The maximum atomic E-state index is 12.9. The molecule has 0 atom stereocenters. The molecular formula is C20H31N5O4S. The summed E-state index contributed by atoms with van der Waals surface area (Å²) >= 11 is 0. The standard InChI is InChI=1S/C20H31N5O4S/c1-24(20-18-3-6-21-19(18)22-14-23-20)16-11-15(12-16)13-30(26,27)25-7-4-17(5-8-25)29-10-9-28-2/h3,6,14-17H,4-5,7-13H2,1-2H3,(H,21,22,23). The van der Waals surface area contributed by atoms with E-state index >= 15 is 0 Å². The Morgan fingerprint density at radius 2 is 2.00 bits per heavy atom. The number of methoxy groups -OCH3 is 1. The van der Waals surface area contributed by atoms with Crippen LogP contribution in [0.2, 0.25) is 0 Å². The topological polar surface area (TPSA) is 101 Å². The predicted octanol–water partition coefficient (Wildman–Crippen LogP) is 1.63. The van der Waals surface area contributed by atoms with Gasteiger partial charge in [0.15, 0.2) is 0 Å². The number of aromatic nitrogens is 3. The maximum Gasteiger partial charge on any atom is 0.214 e. The molecular weight excluding hydrogens is 406 g/mol. The van der Waals surface area contributed by atoms with Gasteiger partial charge in [-0.15, -0.1) is 0 Å². The number of anilines is 1. The highest BCUT2D eigenvalue weighted by molar-refractivity contribution is 7.89. The van der Waals surface area contributed by atoms with E-state index in [0.29, 0.717) is 32.3 Å². The lowest BCUT2D eigenvalue weighted by Gasteiger charge is -2.42. The molecule has 1 aliphatic heterocycles. The largest absolute Gasteiger partial charge is 0.382 e. The summed E-state index contributed by atoms with van der Waals surface area (Å²) in [7, 11) is 0.447. The predicted molar refractivity (Wildman–Crippen MR) is 115 cm³/mol. The summed E-state index contributed by atoms with van der Waals surface area (Å²) in [5.74, 6) is 1.32. The van der Waals surface area contributed by atoms with E-state index in [2.05, 4.69) is 19.9 Å². The highest BCUT2D eigenvalue weighted by Crippen LogP contribution is 2.36. The molecule has 2 aliphatic rings. The quantitative estimate of drug-likeness (QED) is 0.595. The molecule has 30 heavy (non-hydrogen) atoms. The molecule has 0 aromatic carbocycles. The van der Waals surface area contributed by atoms with Crippen LogP contribution < -0.4 is 4.90 Å². The SMILES string of the molecule is COCCOC1CCN(S(=O)(=O)CC2CC(N(C)c3ncnc4[nH]ccc34)C2)CC1. The van der Waals surface area contributed by atoms with Gasteiger partial charge in [0.25, 0.3) is 0 Å². The number of rotatable bonds is 9. The van der Waals surface area contributed by atoms with Crippen LogP contribution in [0.5, 0.6) is 0 Å². The summed E-state index contributed by atoms with van der Waals surface area (Å²) in [5, 5.41) is 0.992. The van der Waals surface area contributed by atoms with Crippen molar-refractivity contribution in [1.82, 2.24) is 19.3 Å². The number of aromatic amines is 1. The zero-order chi connectivity index (χ0) is 21.1. The molecule has 0 unspecified atom stereocenters. The Morgan fingerprint density at radius 3 is 2.73 bits per heavy atom. The summed E-state index contributed by atoms with van der Waals surface area (Å²) in [6.45, 7) is 2.22. The van der Waals surface area contributed by atoms with E-state index < -0.39 is 10.0 Å². The van der Waals surface area contributed by atoms with Gasteiger partial charge in [0, 0.05) is 39.5 Å². The molecule has 0 bridgehead atoms. The van der Waals surface area contributed by atoms with Crippen molar-refractivity contribution in [3.8, 4) is 0 Å². The third-order valence-corrected chi connectivity index (χ3v) is 8.35. The lowest BCUT2D eigenvalue weighted by Crippen LogP contribution is -2.48. The fourth-order valence-electron chi connectivity index (χ4n) is 4.44. The molecule has 1 saturated heterocycles. The van der Waals surface area contributed by atoms with Crippen LogP contribution in [-0.2, 0) is 19.5 Å². The molecule has 2 aromatic rings. The van der Waals surface area contributed by atoms with Gasteiger partial charge in [-0.25, -0.2) is 22.7 Å². The smallest absolute Gasteiger partial charge is 0.214 e. The molecule has 0 radical (unpaired) electrons. The highest BCUT2D eigenvalue weighted by Gasteiger charge is 2.38. The van der Waals surface area contributed by atoms with Gasteiger partial charge < -0.3 is 19.4 Å². The maximum absolute atomic E-state index is 12.9. The summed E-state index contributed by atoms with van der Waals surface area (Å²) in [5.41, 5.74) is 0.819. The molecule has 1 aliphatic carbocycles. The minimum Gasteiger partial charge on any atom is -0.382 e. The van der Waals surface area contributed by atoms with Crippen molar-refractivity contribution in [3.05, 3.63) is 18.6 Å². The van der Waals surface area contributed by atoms with Crippen molar-refractivity contribution in [1.29, 1.82) is 0 Å². The molecule has 1 saturated carbocycles. The van der Waals surface area contributed by atoms with Crippen LogP contribution in [-0.4, -0.2) is 86.0 Å². The van der Waals surface area contributed by atoms with Gasteiger partial charge in [-0.3, -0.25) is 0 Å². The molecule has 166 valence electrons. The second-order valence-corrected chi connectivity index (χ2v) is 10.3. The number of H-pyrrole nitrogens is 1. The Hall–Kier alpha value is -1.75. The summed E-state index contributed by atoms with van der Waals surface area (Å²) in [4.78, 5) is 13.9. The highest BCUT2D eigenvalue weighted by atomic mass is 32.2. The van der Waals surface area contributed by atoms with Crippen molar-refractivity contribution in [2.75, 3.05) is 51.1 Å². The number of ether oxygens (including phenoxy) is 2. The Labute approximate surface area is 177 Å². The second kappa shape index (κ2) is 9.17. The molecule has 9 nitrogen and oxygen atoms in total. The molecule has 1 N–H and O–H groups in total. The number of hydrogen-bond donors (Lipinski definition) is 1. The van der Waals surface area contributed by atoms with Crippen LogP contribution in [0.4, 0.5) is 5.82 Å². The Balaban J connectivity index is 1.26. The average Bonchev–Trinajstić information content (AvgIpc) is 3.19. The number of sulfonamides is 1. The van der Waals surface area contributed by atoms with Crippen LogP contribution >= 0.6 is 0 Å². The Kier molecular flexibility index (Phi) is 6.57. The Bertz CT molecular complexity index is 936. The molecule has 0 spiro atoms. The minimum atomic E-state index is -3.23. The molecule has 10 heteroatoms. The minimum absolute atomic E-state index is 0.131.